The summed E-state index contributed by atoms with van der Waals surface area (Å²) in [6.45, 7) is 4.54. The highest BCUT2D eigenvalue weighted by molar-refractivity contribution is 5.36. The Kier molecular flexibility index (Phi) is 2.72. The highest BCUT2D eigenvalue weighted by atomic mass is 16.1. The minimum atomic E-state index is -0.0222. The first-order valence-electron chi connectivity index (χ1n) is 6.17. The van der Waals surface area contributed by atoms with Crippen molar-refractivity contribution in [2.75, 3.05) is 0 Å². The minimum absolute atomic E-state index is 0.0222. The largest absolute Gasteiger partial charge is 0.235 e. The molecule has 2 nitrogen and oxygen atoms in total. The average molecular weight is 207 g/mol. The van der Waals surface area contributed by atoms with Crippen LogP contribution in [-0.4, -0.2) is 11.6 Å². The van der Waals surface area contributed by atoms with E-state index >= 15 is 0 Å². The zero-order chi connectivity index (χ0) is 10.9. The minimum Gasteiger partial charge on any atom is -0.211 e. The van der Waals surface area contributed by atoms with E-state index in [0.29, 0.717) is 11.3 Å². The second-order valence-electron chi connectivity index (χ2n) is 6.16. The fourth-order valence-corrected chi connectivity index (χ4v) is 3.80. The Bertz CT molecular complexity index is 275. The van der Waals surface area contributed by atoms with Crippen LogP contribution in [0.15, 0.2) is 4.99 Å². The number of rotatable bonds is 2. The third-order valence-corrected chi connectivity index (χ3v) is 4.20. The van der Waals surface area contributed by atoms with Crippen LogP contribution in [-0.2, 0) is 4.79 Å². The van der Waals surface area contributed by atoms with Gasteiger partial charge in [-0.25, -0.2) is 4.79 Å². The smallest absolute Gasteiger partial charge is 0.211 e. The number of aliphatic imine (C=N–C) groups is 1. The van der Waals surface area contributed by atoms with E-state index in [1.807, 2.05) is 6.08 Å². The molecule has 0 amide bonds. The van der Waals surface area contributed by atoms with Gasteiger partial charge in [-0.1, -0.05) is 33.1 Å². The van der Waals surface area contributed by atoms with E-state index in [1.165, 1.54) is 32.1 Å². The van der Waals surface area contributed by atoms with Gasteiger partial charge in [0.2, 0.25) is 6.08 Å². The number of nitrogens with zero attached hydrogens (tertiary/aromatic N) is 1. The van der Waals surface area contributed by atoms with Crippen molar-refractivity contribution in [3.8, 4) is 0 Å². The Balaban J connectivity index is 2.10. The van der Waals surface area contributed by atoms with E-state index in [-0.39, 0.29) is 5.54 Å². The molecule has 0 aliphatic heterocycles. The van der Waals surface area contributed by atoms with Crippen molar-refractivity contribution in [1.82, 2.24) is 0 Å². The van der Waals surface area contributed by atoms with Crippen molar-refractivity contribution < 1.29 is 4.79 Å². The molecule has 0 aromatic rings. The van der Waals surface area contributed by atoms with Crippen LogP contribution in [0.1, 0.15) is 58.8 Å². The maximum absolute atomic E-state index is 10.6. The molecule has 2 aliphatic rings. The fraction of sp³-hybridized carbons (Fsp3) is 0.923. The first-order valence-corrected chi connectivity index (χ1v) is 6.17. The van der Waals surface area contributed by atoms with Crippen molar-refractivity contribution in [1.29, 1.82) is 0 Å². The van der Waals surface area contributed by atoms with Crippen molar-refractivity contribution >= 4 is 6.08 Å². The van der Waals surface area contributed by atoms with Crippen LogP contribution >= 0.6 is 0 Å². The second-order valence-corrected chi connectivity index (χ2v) is 6.16. The van der Waals surface area contributed by atoms with Crippen molar-refractivity contribution in [3.63, 3.8) is 0 Å². The molecule has 2 fully saturated rings. The van der Waals surface area contributed by atoms with Gasteiger partial charge in [-0.3, -0.25) is 0 Å². The van der Waals surface area contributed by atoms with Gasteiger partial charge >= 0.3 is 0 Å². The maximum Gasteiger partial charge on any atom is 0.235 e. The number of isocyanates is 1. The Morgan fingerprint density at radius 3 is 2.20 bits per heavy atom. The molecule has 2 aliphatic carbocycles. The highest BCUT2D eigenvalue weighted by Crippen LogP contribution is 2.56. The molecule has 15 heavy (non-hydrogen) atoms. The first kappa shape index (κ1) is 10.9. The molecule has 2 rings (SSSR count). The lowest BCUT2D eigenvalue weighted by molar-refractivity contribution is 0.00499. The van der Waals surface area contributed by atoms with Crippen molar-refractivity contribution in [2.24, 2.45) is 16.3 Å². The molecule has 84 valence electrons. The molecule has 0 aromatic carbocycles. The maximum atomic E-state index is 10.6. The molecule has 0 aromatic heterocycles. The van der Waals surface area contributed by atoms with Crippen LogP contribution in [0.25, 0.3) is 0 Å². The topological polar surface area (TPSA) is 29.4 Å². The standard InChI is InChI=1S/C13H21NO/c1-12(2)8-13(9-12,14-10-15)11-6-4-3-5-7-11/h11H,3-9H2,1-2H3. The zero-order valence-corrected chi connectivity index (χ0v) is 9.88. The molecule has 0 bridgehead atoms. The molecule has 0 heterocycles. The van der Waals surface area contributed by atoms with Crippen LogP contribution in [0.4, 0.5) is 0 Å². The molecular formula is C13H21NO. The monoisotopic (exact) mass is 207 g/mol. The van der Waals surface area contributed by atoms with Gasteiger partial charge in [-0.15, -0.1) is 0 Å². The fourth-order valence-electron chi connectivity index (χ4n) is 3.80. The van der Waals surface area contributed by atoms with Crippen molar-refractivity contribution in [2.45, 2.75) is 64.3 Å². The summed E-state index contributed by atoms with van der Waals surface area (Å²) in [5.74, 6) is 0.653. The third kappa shape index (κ3) is 2.01. The van der Waals surface area contributed by atoms with Crippen LogP contribution in [0.3, 0.4) is 0 Å². The Morgan fingerprint density at radius 1 is 1.13 bits per heavy atom. The first-order chi connectivity index (χ1) is 7.08. The van der Waals surface area contributed by atoms with Crippen molar-refractivity contribution in [3.05, 3.63) is 0 Å². The van der Waals surface area contributed by atoms with Crippen LogP contribution < -0.4 is 0 Å². The van der Waals surface area contributed by atoms with Crippen LogP contribution in [0.5, 0.6) is 0 Å². The van der Waals surface area contributed by atoms with Gasteiger partial charge in [0.05, 0.1) is 5.54 Å². The summed E-state index contributed by atoms with van der Waals surface area (Å²) in [5, 5.41) is 0. The van der Waals surface area contributed by atoms with Gasteiger partial charge in [-0.2, -0.15) is 4.99 Å². The zero-order valence-electron chi connectivity index (χ0n) is 9.88. The third-order valence-electron chi connectivity index (χ3n) is 4.20. The van der Waals surface area contributed by atoms with E-state index in [4.69, 9.17) is 0 Å². The van der Waals surface area contributed by atoms with Crippen LogP contribution in [0, 0.1) is 11.3 Å². The van der Waals surface area contributed by atoms with Crippen LogP contribution in [0.2, 0.25) is 0 Å². The molecule has 0 radical (unpaired) electrons. The molecule has 0 spiro atoms. The predicted octanol–water partition coefficient (Wildman–Crippen LogP) is 3.46. The van der Waals surface area contributed by atoms with Gasteiger partial charge in [0.1, 0.15) is 0 Å². The van der Waals surface area contributed by atoms with Gasteiger partial charge < -0.3 is 0 Å². The molecular weight excluding hydrogens is 186 g/mol. The molecule has 0 N–H and O–H groups in total. The van der Waals surface area contributed by atoms with E-state index in [1.54, 1.807) is 0 Å². The molecule has 2 heteroatoms. The number of hydrogen-bond donors (Lipinski definition) is 0. The Hall–Kier alpha value is -0.620. The van der Waals surface area contributed by atoms with Gasteiger partial charge in [0.15, 0.2) is 0 Å². The van der Waals surface area contributed by atoms with E-state index in [2.05, 4.69) is 18.8 Å². The summed E-state index contributed by atoms with van der Waals surface area (Å²) in [7, 11) is 0. The summed E-state index contributed by atoms with van der Waals surface area (Å²) in [5.41, 5.74) is 0.365. The van der Waals surface area contributed by atoms with E-state index in [0.717, 1.165) is 12.8 Å². The highest BCUT2D eigenvalue weighted by Gasteiger charge is 2.53. The lowest BCUT2D eigenvalue weighted by atomic mass is 9.53. The molecule has 0 unspecified atom stereocenters. The quantitative estimate of drug-likeness (QED) is 0.503. The Morgan fingerprint density at radius 2 is 1.73 bits per heavy atom. The summed E-state index contributed by atoms with van der Waals surface area (Å²) < 4.78 is 0. The summed E-state index contributed by atoms with van der Waals surface area (Å²) in [6.07, 6.45) is 10.5. The summed E-state index contributed by atoms with van der Waals surface area (Å²) in [6, 6.07) is 0. The molecule has 2 saturated carbocycles. The predicted molar refractivity (Wildman–Crippen MR) is 60.4 cm³/mol. The average Bonchev–Trinajstić information content (AvgIpc) is 2.16. The SMILES string of the molecule is CC1(C)CC(N=C=O)(C2CCCCC2)C1. The summed E-state index contributed by atoms with van der Waals surface area (Å²) >= 11 is 0. The Labute approximate surface area is 92.2 Å². The van der Waals surface area contributed by atoms with E-state index < -0.39 is 0 Å². The number of hydrogen-bond acceptors (Lipinski definition) is 2. The van der Waals surface area contributed by atoms with Gasteiger partial charge in [0, 0.05) is 0 Å². The second kappa shape index (κ2) is 3.75. The lowest BCUT2D eigenvalue weighted by Crippen LogP contribution is -2.53. The van der Waals surface area contributed by atoms with E-state index in [9.17, 15) is 4.79 Å². The van der Waals surface area contributed by atoms with Gasteiger partial charge in [0.25, 0.3) is 0 Å². The normalized spacial score (nSPS) is 28.9. The molecule has 0 atom stereocenters. The summed E-state index contributed by atoms with van der Waals surface area (Å²) in [4.78, 5) is 14.8. The van der Waals surface area contributed by atoms with Gasteiger partial charge in [-0.05, 0) is 37.0 Å². The number of carbonyl (C=O) groups excluding carboxylic acids is 1. The lowest BCUT2D eigenvalue weighted by Gasteiger charge is -2.54. The molecule has 0 saturated heterocycles.